The van der Waals surface area contributed by atoms with Crippen LogP contribution in [-0.4, -0.2) is 4.57 Å². The molecule has 2 heterocycles. The van der Waals surface area contributed by atoms with Crippen molar-refractivity contribution < 1.29 is 0 Å². The highest BCUT2D eigenvalue weighted by Crippen LogP contribution is 2.32. The average molecular weight is 186 g/mol. The summed E-state index contributed by atoms with van der Waals surface area (Å²) in [5.74, 6) is 0. The standard InChI is InChI=1S/C12H14N2/c13-12-9-5-1-2-6-10(9)14-8-4-3-7-11(12)14/h1-2,5-6H,3-4,7-8,13H2. The predicted octanol–water partition coefficient (Wildman–Crippen LogP) is 2.56. The first-order valence-corrected chi connectivity index (χ1v) is 5.23. The first kappa shape index (κ1) is 7.92. The Morgan fingerprint density at radius 3 is 2.93 bits per heavy atom. The molecule has 1 aromatic heterocycles. The molecule has 2 N–H and O–H groups in total. The van der Waals surface area contributed by atoms with Gasteiger partial charge < -0.3 is 10.3 Å². The Kier molecular flexibility index (Phi) is 1.57. The van der Waals surface area contributed by atoms with Crippen LogP contribution in [0.25, 0.3) is 10.9 Å². The molecule has 0 fully saturated rings. The van der Waals surface area contributed by atoms with Gasteiger partial charge in [0.15, 0.2) is 0 Å². The molecule has 1 aromatic carbocycles. The summed E-state index contributed by atoms with van der Waals surface area (Å²) >= 11 is 0. The number of nitrogen functional groups attached to an aromatic ring is 1. The minimum absolute atomic E-state index is 1.00. The third kappa shape index (κ3) is 0.910. The number of aromatic nitrogens is 1. The lowest BCUT2D eigenvalue weighted by Gasteiger charge is -2.16. The molecule has 2 nitrogen and oxygen atoms in total. The normalized spacial score (nSPS) is 15.7. The Balaban J connectivity index is 2.41. The number of anilines is 1. The van der Waals surface area contributed by atoms with Crippen LogP contribution in [0.2, 0.25) is 0 Å². The minimum Gasteiger partial charge on any atom is -0.397 e. The fourth-order valence-electron chi connectivity index (χ4n) is 2.47. The number of hydrogen-bond acceptors (Lipinski definition) is 1. The van der Waals surface area contributed by atoms with Gasteiger partial charge in [0.05, 0.1) is 11.2 Å². The summed E-state index contributed by atoms with van der Waals surface area (Å²) in [5.41, 5.74) is 9.79. The minimum atomic E-state index is 1.00. The Labute approximate surface area is 83.3 Å². The lowest BCUT2D eigenvalue weighted by Crippen LogP contribution is -2.10. The molecule has 0 bridgehead atoms. The van der Waals surface area contributed by atoms with Crippen molar-refractivity contribution >= 4 is 16.6 Å². The highest BCUT2D eigenvalue weighted by atomic mass is 15.0. The number of hydrogen-bond donors (Lipinski definition) is 1. The highest BCUT2D eigenvalue weighted by Gasteiger charge is 2.16. The van der Waals surface area contributed by atoms with Crippen LogP contribution in [0.4, 0.5) is 5.69 Å². The van der Waals surface area contributed by atoms with Crippen molar-refractivity contribution in [1.82, 2.24) is 4.57 Å². The molecule has 0 aliphatic carbocycles. The summed E-state index contributed by atoms with van der Waals surface area (Å²) in [4.78, 5) is 0. The van der Waals surface area contributed by atoms with E-state index in [1.807, 2.05) is 0 Å². The van der Waals surface area contributed by atoms with Gasteiger partial charge in [0.1, 0.15) is 0 Å². The van der Waals surface area contributed by atoms with Gasteiger partial charge in [-0.1, -0.05) is 18.2 Å². The third-order valence-electron chi connectivity index (χ3n) is 3.17. The molecule has 0 saturated carbocycles. The Hall–Kier alpha value is -1.44. The van der Waals surface area contributed by atoms with E-state index in [1.165, 1.54) is 29.4 Å². The van der Waals surface area contributed by atoms with Crippen LogP contribution in [0.5, 0.6) is 0 Å². The van der Waals surface area contributed by atoms with Crippen molar-refractivity contribution in [2.45, 2.75) is 25.8 Å². The second-order valence-electron chi connectivity index (χ2n) is 3.99. The highest BCUT2D eigenvalue weighted by molar-refractivity contribution is 5.94. The molecule has 0 amide bonds. The monoisotopic (exact) mass is 186 g/mol. The van der Waals surface area contributed by atoms with Crippen LogP contribution in [0.3, 0.4) is 0 Å². The molecule has 2 heteroatoms. The maximum atomic E-state index is 6.14. The average Bonchev–Trinajstić information content (AvgIpc) is 2.55. The van der Waals surface area contributed by atoms with Gasteiger partial charge in [0, 0.05) is 17.6 Å². The van der Waals surface area contributed by atoms with E-state index in [4.69, 9.17) is 5.73 Å². The van der Waals surface area contributed by atoms with Crippen molar-refractivity contribution in [1.29, 1.82) is 0 Å². The van der Waals surface area contributed by atoms with Gasteiger partial charge in [0.25, 0.3) is 0 Å². The number of nitrogens with zero attached hydrogens (tertiary/aromatic N) is 1. The fourth-order valence-corrected chi connectivity index (χ4v) is 2.47. The van der Waals surface area contributed by atoms with Crippen LogP contribution >= 0.6 is 0 Å². The molecule has 0 radical (unpaired) electrons. The van der Waals surface area contributed by atoms with Crippen LogP contribution < -0.4 is 5.73 Å². The summed E-state index contributed by atoms with van der Waals surface area (Å²) in [6.07, 6.45) is 3.70. The molecular weight excluding hydrogens is 172 g/mol. The maximum absolute atomic E-state index is 6.14. The molecular formula is C12H14N2. The van der Waals surface area contributed by atoms with Crippen molar-refractivity contribution in [3.05, 3.63) is 30.0 Å². The van der Waals surface area contributed by atoms with Crippen LogP contribution in [0, 0.1) is 0 Å². The zero-order valence-electron chi connectivity index (χ0n) is 8.16. The van der Waals surface area contributed by atoms with Gasteiger partial charge in [-0.05, 0) is 25.3 Å². The van der Waals surface area contributed by atoms with E-state index in [0.717, 1.165) is 18.7 Å². The summed E-state index contributed by atoms with van der Waals surface area (Å²) in [5, 5.41) is 1.23. The van der Waals surface area contributed by atoms with E-state index in [0.29, 0.717) is 0 Å². The van der Waals surface area contributed by atoms with Gasteiger partial charge in [-0.25, -0.2) is 0 Å². The first-order valence-electron chi connectivity index (χ1n) is 5.23. The number of nitrogens with two attached hydrogens (primary N) is 1. The number of para-hydroxylation sites is 1. The van der Waals surface area contributed by atoms with E-state index < -0.39 is 0 Å². The summed E-state index contributed by atoms with van der Waals surface area (Å²) in [7, 11) is 0. The lowest BCUT2D eigenvalue weighted by atomic mass is 10.1. The Morgan fingerprint density at radius 2 is 2.00 bits per heavy atom. The largest absolute Gasteiger partial charge is 0.397 e. The van der Waals surface area contributed by atoms with E-state index in [2.05, 4.69) is 28.8 Å². The molecule has 1 aliphatic heterocycles. The molecule has 1 aliphatic rings. The smallest absolute Gasteiger partial charge is 0.0607 e. The van der Waals surface area contributed by atoms with Gasteiger partial charge in [-0.3, -0.25) is 0 Å². The van der Waals surface area contributed by atoms with Crippen LogP contribution in [0.1, 0.15) is 18.5 Å². The molecule has 2 aromatic rings. The van der Waals surface area contributed by atoms with E-state index in [9.17, 15) is 0 Å². The summed E-state index contributed by atoms with van der Waals surface area (Å²) < 4.78 is 2.38. The molecule has 3 rings (SSSR count). The van der Waals surface area contributed by atoms with Gasteiger partial charge >= 0.3 is 0 Å². The molecule has 0 unspecified atom stereocenters. The lowest BCUT2D eigenvalue weighted by molar-refractivity contribution is 0.546. The number of aryl methyl sites for hydroxylation is 1. The molecule has 0 spiro atoms. The van der Waals surface area contributed by atoms with Gasteiger partial charge in [-0.2, -0.15) is 0 Å². The molecule has 0 atom stereocenters. The molecule has 0 saturated heterocycles. The van der Waals surface area contributed by atoms with Crippen molar-refractivity contribution in [3.8, 4) is 0 Å². The maximum Gasteiger partial charge on any atom is 0.0607 e. The number of rotatable bonds is 0. The van der Waals surface area contributed by atoms with Crippen molar-refractivity contribution in [2.24, 2.45) is 0 Å². The van der Waals surface area contributed by atoms with Crippen molar-refractivity contribution in [2.75, 3.05) is 5.73 Å². The van der Waals surface area contributed by atoms with E-state index in [1.54, 1.807) is 0 Å². The van der Waals surface area contributed by atoms with Crippen LogP contribution in [0.15, 0.2) is 24.3 Å². The number of benzene rings is 1. The van der Waals surface area contributed by atoms with E-state index >= 15 is 0 Å². The Morgan fingerprint density at radius 1 is 1.14 bits per heavy atom. The predicted molar refractivity (Wildman–Crippen MR) is 59.3 cm³/mol. The second-order valence-corrected chi connectivity index (χ2v) is 3.99. The first-order chi connectivity index (χ1) is 6.88. The quantitative estimate of drug-likeness (QED) is 0.673. The zero-order valence-corrected chi connectivity index (χ0v) is 8.16. The molecule has 72 valence electrons. The zero-order chi connectivity index (χ0) is 9.54. The van der Waals surface area contributed by atoms with Crippen LogP contribution in [-0.2, 0) is 13.0 Å². The van der Waals surface area contributed by atoms with Gasteiger partial charge in [0.2, 0.25) is 0 Å². The SMILES string of the molecule is Nc1c2n(c3ccccc13)CCCC2. The number of fused-ring (bicyclic) bond motifs is 3. The third-order valence-corrected chi connectivity index (χ3v) is 3.17. The fraction of sp³-hybridized carbons (Fsp3) is 0.333. The van der Waals surface area contributed by atoms with E-state index in [-0.39, 0.29) is 0 Å². The van der Waals surface area contributed by atoms with Crippen molar-refractivity contribution in [3.63, 3.8) is 0 Å². The summed E-state index contributed by atoms with van der Waals surface area (Å²) in [6.45, 7) is 1.13. The molecule has 14 heavy (non-hydrogen) atoms. The Bertz CT molecular complexity index is 482. The summed E-state index contributed by atoms with van der Waals surface area (Å²) in [6, 6.07) is 8.44. The van der Waals surface area contributed by atoms with Gasteiger partial charge in [-0.15, -0.1) is 0 Å². The topological polar surface area (TPSA) is 30.9 Å². The second kappa shape index (κ2) is 2.77.